The van der Waals surface area contributed by atoms with E-state index in [1.807, 2.05) is 40.3 Å². The fourth-order valence-electron chi connectivity index (χ4n) is 3.76. The van der Waals surface area contributed by atoms with Crippen LogP contribution in [-0.4, -0.2) is 23.9 Å². The van der Waals surface area contributed by atoms with Crippen LogP contribution in [0, 0.1) is 6.92 Å². The van der Waals surface area contributed by atoms with Gasteiger partial charge < -0.3 is 4.57 Å². The highest BCUT2D eigenvalue weighted by atomic mass is 16.1. The molecule has 6 nitrogen and oxygen atoms in total. The number of para-hydroxylation sites is 2. The smallest absolute Gasteiger partial charge is 0.314 e. The lowest BCUT2D eigenvalue weighted by Crippen LogP contribution is -2.26. The first-order chi connectivity index (χ1) is 12.2. The maximum atomic E-state index is 13.2. The van der Waals surface area contributed by atoms with Gasteiger partial charge in [-0.3, -0.25) is 9.13 Å². The first kappa shape index (κ1) is 15.9. The molecule has 0 aliphatic heterocycles. The van der Waals surface area contributed by atoms with Gasteiger partial charge in [0.05, 0.1) is 17.6 Å². The van der Waals surface area contributed by atoms with Crippen LogP contribution in [0.15, 0.2) is 35.1 Å². The molecule has 0 saturated carbocycles. The Kier molecular flexibility index (Phi) is 4.03. The van der Waals surface area contributed by atoms with E-state index in [0.717, 1.165) is 54.2 Å². The van der Waals surface area contributed by atoms with Gasteiger partial charge in [-0.2, -0.15) is 0 Å². The molecule has 4 rings (SSSR count). The molecule has 0 radical (unpaired) electrons. The molecule has 0 unspecified atom stereocenters. The molecule has 0 bridgehead atoms. The molecule has 1 aliphatic carbocycles. The summed E-state index contributed by atoms with van der Waals surface area (Å²) in [5.41, 5.74) is 3.05. The van der Waals surface area contributed by atoms with Crippen LogP contribution in [0.2, 0.25) is 0 Å². The number of aromatic nitrogens is 5. The number of nitrogens with zero attached hydrogens (tertiary/aromatic N) is 5. The highest BCUT2D eigenvalue weighted by Gasteiger charge is 2.19. The van der Waals surface area contributed by atoms with E-state index in [0.29, 0.717) is 6.54 Å². The summed E-state index contributed by atoms with van der Waals surface area (Å²) in [4.78, 5) is 13.2. The van der Waals surface area contributed by atoms with Crippen LogP contribution < -0.4 is 5.69 Å². The summed E-state index contributed by atoms with van der Waals surface area (Å²) >= 11 is 0. The molecular formula is C19H23N5O. The molecule has 3 aromatic rings. The highest BCUT2D eigenvalue weighted by molar-refractivity contribution is 5.80. The van der Waals surface area contributed by atoms with E-state index in [1.165, 1.54) is 6.42 Å². The first-order valence-corrected chi connectivity index (χ1v) is 8.99. The molecule has 130 valence electrons. The van der Waals surface area contributed by atoms with Gasteiger partial charge in [-0.05, 0) is 51.7 Å². The maximum absolute atomic E-state index is 13.2. The Hall–Kier alpha value is -2.63. The summed E-state index contributed by atoms with van der Waals surface area (Å²) in [7, 11) is 0. The van der Waals surface area contributed by atoms with Gasteiger partial charge in [-0.25, -0.2) is 4.79 Å². The van der Waals surface area contributed by atoms with Crippen molar-refractivity contribution in [3.63, 3.8) is 0 Å². The molecule has 1 aliphatic rings. The zero-order valence-corrected chi connectivity index (χ0v) is 14.8. The summed E-state index contributed by atoms with van der Waals surface area (Å²) in [6, 6.07) is 8.01. The minimum atomic E-state index is 0.0117. The molecular weight excluding hydrogens is 314 g/mol. The minimum absolute atomic E-state index is 0.0117. The molecule has 6 heteroatoms. The monoisotopic (exact) mass is 337 g/mol. The second-order valence-electron chi connectivity index (χ2n) is 6.54. The molecule has 2 heterocycles. The van der Waals surface area contributed by atoms with Gasteiger partial charge in [0.2, 0.25) is 0 Å². The number of fused-ring (bicyclic) bond motifs is 1. The number of aryl methyl sites for hydroxylation is 1. The normalized spacial score (nSPS) is 14.9. The number of allylic oxidation sites excluding steroid dienone is 2. The average Bonchev–Trinajstić information content (AvgIpc) is 3.13. The number of hydrogen-bond donors (Lipinski definition) is 0. The van der Waals surface area contributed by atoms with Crippen molar-refractivity contribution in [3.05, 3.63) is 52.5 Å². The van der Waals surface area contributed by atoms with E-state index in [9.17, 15) is 4.79 Å². The van der Waals surface area contributed by atoms with Crippen LogP contribution in [0.1, 0.15) is 44.3 Å². The summed E-state index contributed by atoms with van der Waals surface area (Å²) in [5.74, 6) is 1.70. The van der Waals surface area contributed by atoms with Gasteiger partial charge >= 0.3 is 5.69 Å². The molecule has 2 aromatic heterocycles. The van der Waals surface area contributed by atoms with E-state index >= 15 is 0 Å². The van der Waals surface area contributed by atoms with Gasteiger partial charge in [0, 0.05) is 12.2 Å². The SMILES string of the molecule is CCn1c(C)nnc1Cn1c(=O)n(C2=CCCCC2)c2ccccc21. The quantitative estimate of drug-likeness (QED) is 0.735. The Morgan fingerprint density at radius 3 is 2.60 bits per heavy atom. The summed E-state index contributed by atoms with van der Waals surface area (Å²) < 4.78 is 5.76. The van der Waals surface area contributed by atoms with Gasteiger partial charge in [0.15, 0.2) is 5.82 Å². The maximum Gasteiger partial charge on any atom is 0.333 e. The van der Waals surface area contributed by atoms with Crippen molar-refractivity contribution in [2.24, 2.45) is 0 Å². The van der Waals surface area contributed by atoms with Crippen molar-refractivity contribution in [2.75, 3.05) is 0 Å². The summed E-state index contributed by atoms with van der Waals surface area (Å²) in [5, 5.41) is 8.45. The number of hydrogen-bond acceptors (Lipinski definition) is 3. The van der Waals surface area contributed by atoms with Crippen LogP contribution in [0.4, 0.5) is 0 Å². The van der Waals surface area contributed by atoms with Crippen LogP contribution in [0.25, 0.3) is 16.7 Å². The second kappa shape index (κ2) is 6.35. The number of imidazole rings is 1. The third-order valence-electron chi connectivity index (χ3n) is 5.02. The predicted molar refractivity (Wildman–Crippen MR) is 98.5 cm³/mol. The van der Waals surface area contributed by atoms with Gasteiger partial charge in [-0.15, -0.1) is 10.2 Å². The van der Waals surface area contributed by atoms with Gasteiger partial charge in [-0.1, -0.05) is 18.2 Å². The Morgan fingerprint density at radius 2 is 1.88 bits per heavy atom. The molecule has 0 amide bonds. The Balaban J connectivity index is 1.88. The number of benzene rings is 1. The average molecular weight is 337 g/mol. The van der Waals surface area contributed by atoms with E-state index < -0.39 is 0 Å². The third kappa shape index (κ3) is 2.62. The third-order valence-corrected chi connectivity index (χ3v) is 5.02. The Bertz CT molecular complexity index is 1000. The van der Waals surface area contributed by atoms with Gasteiger partial charge in [0.1, 0.15) is 5.82 Å². The van der Waals surface area contributed by atoms with Crippen molar-refractivity contribution in [3.8, 4) is 0 Å². The summed E-state index contributed by atoms with van der Waals surface area (Å²) in [6.45, 7) is 5.25. The summed E-state index contributed by atoms with van der Waals surface area (Å²) in [6.07, 6.45) is 6.56. The van der Waals surface area contributed by atoms with Crippen molar-refractivity contribution in [2.45, 2.75) is 52.6 Å². The van der Waals surface area contributed by atoms with E-state index in [4.69, 9.17) is 0 Å². The largest absolute Gasteiger partial charge is 0.333 e. The van der Waals surface area contributed by atoms with Crippen LogP contribution in [-0.2, 0) is 13.1 Å². The predicted octanol–water partition coefficient (Wildman–Crippen LogP) is 3.19. The van der Waals surface area contributed by atoms with E-state index in [-0.39, 0.29) is 5.69 Å². The Labute approximate surface area is 146 Å². The number of rotatable bonds is 4. The van der Waals surface area contributed by atoms with Crippen LogP contribution in [0.5, 0.6) is 0 Å². The lowest BCUT2D eigenvalue weighted by atomic mass is 10.0. The molecule has 0 spiro atoms. The zero-order valence-electron chi connectivity index (χ0n) is 14.8. The van der Waals surface area contributed by atoms with Crippen molar-refractivity contribution >= 4 is 16.7 Å². The molecule has 25 heavy (non-hydrogen) atoms. The van der Waals surface area contributed by atoms with E-state index in [1.54, 1.807) is 0 Å². The Morgan fingerprint density at radius 1 is 1.08 bits per heavy atom. The molecule has 0 N–H and O–H groups in total. The van der Waals surface area contributed by atoms with Gasteiger partial charge in [0.25, 0.3) is 0 Å². The van der Waals surface area contributed by atoms with Crippen molar-refractivity contribution in [1.82, 2.24) is 23.9 Å². The first-order valence-electron chi connectivity index (χ1n) is 8.99. The lowest BCUT2D eigenvalue weighted by molar-refractivity contribution is 0.632. The second-order valence-corrected chi connectivity index (χ2v) is 6.54. The van der Waals surface area contributed by atoms with E-state index in [2.05, 4.69) is 27.8 Å². The zero-order chi connectivity index (χ0) is 17.4. The molecule has 0 saturated heterocycles. The fourth-order valence-corrected chi connectivity index (χ4v) is 3.76. The topological polar surface area (TPSA) is 57.6 Å². The molecule has 0 atom stereocenters. The minimum Gasteiger partial charge on any atom is -0.314 e. The van der Waals surface area contributed by atoms with Crippen molar-refractivity contribution in [1.29, 1.82) is 0 Å². The van der Waals surface area contributed by atoms with Crippen molar-refractivity contribution < 1.29 is 0 Å². The van der Waals surface area contributed by atoms with Crippen LogP contribution >= 0.6 is 0 Å². The fraction of sp³-hybridized carbons (Fsp3) is 0.421. The standard InChI is InChI=1S/C19H23N5O/c1-3-22-14(2)20-21-18(22)13-23-16-11-7-8-12-17(16)24(19(23)25)15-9-5-4-6-10-15/h7-9,11-12H,3-6,10,13H2,1-2H3. The highest BCUT2D eigenvalue weighted by Crippen LogP contribution is 2.25. The molecule has 0 fully saturated rings. The van der Waals surface area contributed by atoms with Crippen LogP contribution in [0.3, 0.4) is 0 Å². The molecule has 1 aromatic carbocycles. The lowest BCUT2D eigenvalue weighted by Gasteiger charge is -2.13.